The van der Waals surface area contributed by atoms with Crippen molar-refractivity contribution in [3.05, 3.63) is 41.7 Å². The third kappa shape index (κ3) is 4.82. The minimum atomic E-state index is -3.68. The maximum Gasteiger partial charge on any atom is 0.245 e. The molecule has 0 radical (unpaired) electrons. The van der Waals surface area contributed by atoms with Crippen LogP contribution in [0.2, 0.25) is 0 Å². The molecular weight excluding hydrogens is 342 g/mol. The Bertz CT molecular complexity index is 866. The molecule has 8 heteroatoms. The molecule has 136 valence electrons. The molecule has 2 aromatic rings. The number of anilines is 2. The van der Waals surface area contributed by atoms with Crippen LogP contribution in [0.3, 0.4) is 0 Å². The summed E-state index contributed by atoms with van der Waals surface area (Å²) in [6.45, 7) is 7.39. The number of nitrogens with one attached hydrogen (secondary N) is 1. The number of sulfonamides is 1. The molecule has 0 bridgehead atoms. The number of carbonyl (C=O) groups excluding carboxylic acids is 1. The topological polar surface area (TPSA) is 92.5 Å². The van der Waals surface area contributed by atoms with E-state index in [2.05, 4.69) is 10.5 Å². The predicted octanol–water partition coefficient (Wildman–Crippen LogP) is 2.69. The molecule has 1 aromatic heterocycles. The second-order valence-corrected chi connectivity index (χ2v) is 8.82. The number of hydrogen-bond donors (Lipinski definition) is 1. The van der Waals surface area contributed by atoms with Crippen LogP contribution in [0.4, 0.5) is 11.5 Å². The minimum Gasteiger partial charge on any atom is -0.360 e. The molecule has 2 rings (SSSR count). The van der Waals surface area contributed by atoms with Gasteiger partial charge in [0.15, 0.2) is 5.82 Å². The van der Waals surface area contributed by atoms with Crippen molar-refractivity contribution >= 4 is 27.4 Å². The third-order valence-corrected chi connectivity index (χ3v) is 4.68. The van der Waals surface area contributed by atoms with E-state index in [1.54, 1.807) is 13.0 Å². The van der Waals surface area contributed by atoms with Gasteiger partial charge in [0, 0.05) is 11.8 Å². The fourth-order valence-electron chi connectivity index (χ4n) is 2.41. The smallest absolute Gasteiger partial charge is 0.245 e. The van der Waals surface area contributed by atoms with Crippen LogP contribution in [-0.2, 0) is 20.2 Å². The molecular formula is C17H23N3O4S. The Balaban J connectivity index is 2.24. The molecule has 0 aliphatic carbocycles. The summed E-state index contributed by atoms with van der Waals surface area (Å²) in [5, 5.41) is 6.48. The van der Waals surface area contributed by atoms with E-state index in [1.807, 2.05) is 39.0 Å². The summed E-state index contributed by atoms with van der Waals surface area (Å²) >= 11 is 0. The Labute approximate surface area is 148 Å². The second kappa shape index (κ2) is 6.87. The first-order chi connectivity index (χ1) is 11.5. The molecule has 25 heavy (non-hydrogen) atoms. The molecule has 1 amide bonds. The van der Waals surface area contributed by atoms with Gasteiger partial charge in [-0.25, -0.2) is 12.7 Å². The second-order valence-electron chi connectivity index (χ2n) is 6.91. The van der Waals surface area contributed by atoms with Gasteiger partial charge in [-0.2, -0.15) is 0 Å². The molecule has 0 fully saturated rings. The summed E-state index contributed by atoms with van der Waals surface area (Å²) in [4.78, 5) is 12.5. The van der Waals surface area contributed by atoms with E-state index in [1.165, 1.54) is 6.07 Å². The maximum absolute atomic E-state index is 12.5. The van der Waals surface area contributed by atoms with Crippen molar-refractivity contribution in [3.8, 4) is 0 Å². The monoisotopic (exact) mass is 365 g/mol. The van der Waals surface area contributed by atoms with Crippen LogP contribution >= 0.6 is 0 Å². The van der Waals surface area contributed by atoms with E-state index in [0.717, 1.165) is 16.1 Å². The van der Waals surface area contributed by atoms with Gasteiger partial charge >= 0.3 is 0 Å². The average Bonchev–Trinajstić information content (AvgIpc) is 2.89. The number of aryl methyl sites for hydroxylation is 1. The van der Waals surface area contributed by atoms with Crippen LogP contribution in [0, 0.1) is 6.92 Å². The van der Waals surface area contributed by atoms with Gasteiger partial charge in [0.1, 0.15) is 12.3 Å². The van der Waals surface area contributed by atoms with Crippen LogP contribution in [0.5, 0.6) is 0 Å². The lowest BCUT2D eigenvalue weighted by atomic mass is 9.86. The van der Waals surface area contributed by atoms with E-state index in [0.29, 0.717) is 11.4 Å². The first kappa shape index (κ1) is 19.0. The summed E-state index contributed by atoms with van der Waals surface area (Å²) in [6.07, 6.45) is 1.02. The highest BCUT2D eigenvalue weighted by molar-refractivity contribution is 7.92. The van der Waals surface area contributed by atoms with Crippen molar-refractivity contribution in [2.45, 2.75) is 33.1 Å². The van der Waals surface area contributed by atoms with Gasteiger partial charge in [0.25, 0.3) is 0 Å². The minimum absolute atomic E-state index is 0.0826. The number of aromatic nitrogens is 1. The summed E-state index contributed by atoms with van der Waals surface area (Å²) in [5.74, 6) is 0.0872. The SMILES string of the molecule is Cc1cc(N(CC(=O)Nc2ccccc2C(C)(C)C)S(C)(=O)=O)no1. The molecule has 0 unspecified atom stereocenters. The van der Waals surface area contributed by atoms with Crippen molar-refractivity contribution < 1.29 is 17.7 Å². The van der Waals surface area contributed by atoms with E-state index in [9.17, 15) is 13.2 Å². The quantitative estimate of drug-likeness (QED) is 0.879. The first-order valence-corrected chi connectivity index (χ1v) is 9.63. The Hall–Kier alpha value is -2.35. The van der Waals surface area contributed by atoms with Gasteiger partial charge in [-0.05, 0) is 24.0 Å². The van der Waals surface area contributed by atoms with Crippen LogP contribution in [0.15, 0.2) is 34.9 Å². The number of carbonyl (C=O) groups is 1. The summed E-state index contributed by atoms with van der Waals surface area (Å²) in [7, 11) is -3.68. The number of rotatable bonds is 5. The fourth-order valence-corrected chi connectivity index (χ4v) is 3.18. The first-order valence-electron chi connectivity index (χ1n) is 7.79. The summed E-state index contributed by atoms with van der Waals surface area (Å²) < 4.78 is 29.9. The molecule has 0 aliphatic heterocycles. The van der Waals surface area contributed by atoms with E-state index in [4.69, 9.17) is 4.52 Å². The van der Waals surface area contributed by atoms with Crippen molar-refractivity contribution in [2.75, 3.05) is 22.4 Å². The van der Waals surface area contributed by atoms with Crippen LogP contribution in [0.25, 0.3) is 0 Å². The molecule has 0 aliphatic rings. The highest BCUT2D eigenvalue weighted by Crippen LogP contribution is 2.29. The molecule has 0 atom stereocenters. The van der Waals surface area contributed by atoms with Gasteiger partial charge in [-0.15, -0.1) is 0 Å². The number of amides is 1. The van der Waals surface area contributed by atoms with Crippen LogP contribution < -0.4 is 9.62 Å². The largest absolute Gasteiger partial charge is 0.360 e. The number of hydrogen-bond acceptors (Lipinski definition) is 5. The highest BCUT2D eigenvalue weighted by atomic mass is 32.2. The van der Waals surface area contributed by atoms with Crippen molar-refractivity contribution in [1.82, 2.24) is 5.16 Å². The summed E-state index contributed by atoms with van der Waals surface area (Å²) in [6, 6.07) is 8.92. The van der Waals surface area contributed by atoms with Gasteiger partial charge in [-0.1, -0.05) is 44.1 Å². The van der Waals surface area contributed by atoms with Crippen LogP contribution in [-0.4, -0.2) is 32.3 Å². The molecule has 0 saturated heterocycles. The molecule has 0 spiro atoms. The molecule has 1 aromatic carbocycles. The van der Waals surface area contributed by atoms with E-state index in [-0.39, 0.29) is 17.8 Å². The van der Waals surface area contributed by atoms with Gasteiger partial charge < -0.3 is 9.84 Å². The van der Waals surface area contributed by atoms with Gasteiger partial charge in [-0.3, -0.25) is 4.79 Å². The predicted molar refractivity (Wildman–Crippen MR) is 97.2 cm³/mol. The van der Waals surface area contributed by atoms with Crippen molar-refractivity contribution in [1.29, 1.82) is 0 Å². The zero-order valence-corrected chi connectivity index (χ0v) is 15.8. The average molecular weight is 365 g/mol. The number of benzene rings is 1. The van der Waals surface area contributed by atoms with E-state index >= 15 is 0 Å². The highest BCUT2D eigenvalue weighted by Gasteiger charge is 2.25. The number of nitrogens with zero attached hydrogens (tertiary/aromatic N) is 2. The fraction of sp³-hybridized carbons (Fsp3) is 0.412. The molecule has 1 heterocycles. The zero-order valence-electron chi connectivity index (χ0n) is 15.0. The van der Waals surface area contributed by atoms with Gasteiger partial charge in [0.2, 0.25) is 15.9 Å². The molecule has 7 nitrogen and oxygen atoms in total. The standard InChI is InChI=1S/C17H23N3O4S/c1-12-10-15(19-24-12)20(25(5,22)23)11-16(21)18-14-9-7-6-8-13(14)17(2,3)4/h6-10H,11H2,1-5H3,(H,18,21). The van der Waals surface area contributed by atoms with Gasteiger partial charge in [0.05, 0.1) is 6.26 Å². The molecule has 1 N–H and O–H groups in total. The zero-order chi connectivity index (χ0) is 18.8. The maximum atomic E-state index is 12.5. The molecule has 0 saturated carbocycles. The van der Waals surface area contributed by atoms with Crippen molar-refractivity contribution in [2.24, 2.45) is 0 Å². The third-order valence-electron chi connectivity index (χ3n) is 3.57. The number of para-hydroxylation sites is 1. The lowest BCUT2D eigenvalue weighted by Crippen LogP contribution is -2.38. The Morgan fingerprint density at radius 2 is 1.92 bits per heavy atom. The van der Waals surface area contributed by atoms with Crippen LogP contribution in [0.1, 0.15) is 32.1 Å². The normalized spacial score (nSPS) is 12.0. The van der Waals surface area contributed by atoms with Crippen molar-refractivity contribution in [3.63, 3.8) is 0 Å². The lowest BCUT2D eigenvalue weighted by molar-refractivity contribution is -0.114. The summed E-state index contributed by atoms with van der Waals surface area (Å²) in [5.41, 5.74) is 1.46. The lowest BCUT2D eigenvalue weighted by Gasteiger charge is -2.24. The van der Waals surface area contributed by atoms with E-state index < -0.39 is 15.9 Å². The Morgan fingerprint density at radius 1 is 1.28 bits per heavy atom. The Morgan fingerprint density at radius 3 is 2.44 bits per heavy atom. The Kier molecular flexibility index (Phi) is 5.22.